The van der Waals surface area contributed by atoms with Gasteiger partial charge in [0.05, 0.1) is 11.9 Å². The molecule has 1 rings (SSSR count). The molecule has 0 saturated heterocycles. The first-order chi connectivity index (χ1) is 9.40. The van der Waals surface area contributed by atoms with Crippen molar-refractivity contribution in [1.82, 2.24) is 5.32 Å². The summed E-state index contributed by atoms with van der Waals surface area (Å²) in [5, 5.41) is 21.0. The van der Waals surface area contributed by atoms with Crippen molar-refractivity contribution < 1.29 is 19.8 Å². The fourth-order valence-electron chi connectivity index (χ4n) is 1.45. The first-order valence-electron chi connectivity index (χ1n) is 5.92. The predicted molar refractivity (Wildman–Crippen MR) is 78.9 cm³/mol. The third-order valence-corrected chi connectivity index (χ3v) is 3.74. The molecule has 5 nitrogen and oxygen atoms in total. The molecule has 3 N–H and O–H groups in total. The predicted octanol–water partition coefficient (Wildman–Crippen LogP) is 1.52. The van der Waals surface area contributed by atoms with Gasteiger partial charge in [-0.2, -0.15) is 0 Å². The molecule has 20 heavy (non-hydrogen) atoms. The Morgan fingerprint density at radius 2 is 1.95 bits per heavy atom. The first-order valence-corrected chi connectivity index (χ1v) is 7.46. The van der Waals surface area contributed by atoms with Crippen molar-refractivity contribution in [2.24, 2.45) is 0 Å². The lowest BCUT2D eigenvalue weighted by molar-refractivity contribution is -0.144. The summed E-state index contributed by atoms with van der Waals surface area (Å²) in [6.45, 7) is 1.32. The van der Waals surface area contributed by atoms with Gasteiger partial charge in [0.15, 0.2) is 6.04 Å². The Labute approximate surface area is 126 Å². The number of aliphatic carboxylic acids is 1. The first kappa shape index (κ1) is 16.8. The zero-order valence-corrected chi connectivity index (χ0v) is 12.4. The maximum absolute atomic E-state index is 11.6. The van der Waals surface area contributed by atoms with Crippen molar-refractivity contribution in [2.45, 2.75) is 24.8 Å². The van der Waals surface area contributed by atoms with Gasteiger partial charge in [0, 0.05) is 10.8 Å². The molecule has 2 atom stereocenters. The third kappa shape index (κ3) is 5.81. The highest BCUT2D eigenvalue weighted by Crippen LogP contribution is 2.15. The average molecular weight is 318 g/mol. The monoisotopic (exact) mass is 317 g/mol. The molecule has 110 valence electrons. The number of carboxylic acids is 1. The second-order valence-corrected chi connectivity index (χ2v) is 5.67. The number of carbonyl (C=O) groups is 2. The van der Waals surface area contributed by atoms with E-state index in [1.807, 2.05) is 12.1 Å². The van der Waals surface area contributed by atoms with Crippen molar-refractivity contribution in [2.75, 3.05) is 5.75 Å². The Balaban J connectivity index is 2.36. The van der Waals surface area contributed by atoms with Crippen molar-refractivity contribution in [1.29, 1.82) is 0 Å². The number of aliphatic hydroxyl groups is 1. The lowest BCUT2D eigenvalue weighted by Gasteiger charge is -2.16. The maximum Gasteiger partial charge on any atom is 0.328 e. The van der Waals surface area contributed by atoms with Crippen LogP contribution in [0.3, 0.4) is 0 Å². The lowest BCUT2D eigenvalue weighted by atomic mass is 10.2. The highest BCUT2D eigenvalue weighted by Gasteiger charge is 2.24. The van der Waals surface area contributed by atoms with Crippen molar-refractivity contribution >= 4 is 35.2 Å². The zero-order chi connectivity index (χ0) is 15.1. The molecule has 0 aromatic heterocycles. The van der Waals surface area contributed by atoms with E-state index in [1.54, 1.807) is 12.1 Å². The number of hydrogen-bond acceptors (Lipinski definition) is 4. The second kappa shape index (κ2) is 8.14. The highest BCUT2D eigenvalue weighted by atomic mass is 35.5. The number of carbonyl (C=O) groups excluding carboxylic acids is 1. The average Bonchev–Trinajstić information content (AvgIpc) is 2.37. The Bertz CT molecular complexity index is 464. The standard InChI is InChI=1S/C13H16ClNO4S/c1-8(16)12(13(18)19)15-11(17)7-20-6-9-2-4-10(14)5-3-9/h2-5,8,12,16H,6-7H2,1H3,(H,15,17)(H,18,19)/t8-,12+/m1/s1. The molecule has 0 aliphatic heterocycles. The fraction of sp³-hybridized carbons (Fsp3) is 0.385. The molecule has 1 aromatic carbocycles. The maximum atomic E-state index is 11.6. The van der Waals surface area contributed by atoms with Gasteiger partial charge in [-0.05, 0) is 24.6 Å². The van der Waals surface area contributed by atoms with E-state index in [-0.39, 0.29) is 5.75 Å². The van der Waals surface area contributed by atoms with Gasteiger partial charge in [0.2, 0.25) is 5.91 Å². The van der Waals surface area contributed by atoms with Gasteiger partial charge in [-0.15, -0.1) is 11.8 Å². The minimum Gasteiger partial charge on any atom is -0.480 e. The number of thioether (sulfide) groups is 1. The molecule has 0 heterocycles. The van der Waals surface area contributed by atoms with Gasteiger partial charge in [-0.3, -0.25) is 4.79 Å². The summed E-state index contributed by atoms with van der Waals surface area (Å²) in [5.41, 5.74) is 1.03. The molecule has 0 unspecified atom stereocenters. The number of halogens is 1. The smallest absolute Gasteiger partial charge is 0.328 e. The number of aliphatic hydroxyl groups excluding tert-OH is 1. The van der Waals surface area contributed by atoms with E-state index in [0.717, 1.165) is 5.56 Å². The van der Waals surface area contributed by atoms with E-state index in [9.17, 15) is 14.7 Å². The molecule has 1 amide bonds. The summed E-state index contributed by atoms with van der Waals surface area (Å²) in [5.74, 6) is -0.927. The second-order valence-electron chi connectivity index (χ2n) is 4.24. The van der Waals surface area contributed by atoms with Crippen LogP contribution in [0.4, 0.5) is 0 Å². The van der Waals surface area contributed by atoms with Crippen LogP contribution in [-0.2, 0) is 15.3 Å². The normalized spacial score (nSPS) is 13.6. The van der Waals surface area contributed by atoms with Crippen LogP contribution in [0.2, 0.25) is 5.02 Å². The molecule has 0 aliphatic rings. The van der Waals surface area contributed by atoms with E-state index in [0.29, 0.717) is 10.8 Å². The van der Waals surface area contributed by atoms with Crippen LogP contribution >= 0.6 is 23.4 Å². The summed E-state index contributed by atoms with van der Waals surface area (Å²) in [6, 6.07) is 5.99. The molecule has 1 aromatic rings. The van der Waals surface area contributed by atoms with Crippen molar-refractivity contribution in [3.05, 3.63) is 34.9 Å². The van der Waals surface area contributed by atoms with Gasteiger partial charge in [0.1, 0.15) is 0 Å². The summed E-state index contributed by atoms with van der Waals surface area (Å²) in [6.07, 6.45) is -1.14. The van der Waals surface area contributed by atoms with Crippen LogP contribution in [-0.4, -0.2) is 40.0 Å². The minimum atomic E-state index is -1.28. The van der Waals surface area contributed by atoms with E-state index in [1.165, 1.54) is 18.7 Å². The molecule has 0 aliphatic carbocycles. The zero-order valence-electron chi connectivity index (χ0n) is 10.9. The molecule has 0 radical (unpaired) electrons. The summed E-state index contributed by atoms with van der Waals surface area (Å²) < 4.78 is 0. The molecule has 0 saturated carbocycles. The quantitative estimate of drug-likeness (QED) is 0.710. The van der Waals surface area contributed by atoms with E-state index in [4.69, 9.17) is 16.7 Å². The van der Waals surface area contributed by atoms with Crippen molar-refractivity contribution in [3.8, 4) is 0 Å². The van der Waals surface area contributed by atoms with Gasteiger partial charge in [-0.25, -0.2) is 4.79 Å². The van der Waals surface area contributed by atoms with E-state index in [2.05, 4.69) is 5.32 Å². The molecule has 0 fully saturated rings. The molecule has 0 spiro atoms. The molecule has 7 heteroatoms. The van der Waals surface area contributed by atoms with Crippen LogP contribution in [0.15, 0.2) is 24.3 Å². The molecular weight excluding hydrogens is 302 g/mol. The Hall–Kier alpha value is -1.24. The summed E-state index contributed by atoms with van der Waals surface area (Å²) in [4.78, 5) is 22.4. The number of nitrogens with one attached hydrogen (secondary N) is 1. The van der Waals surface area contributed by atoms with Crippen molar-refractivity contribution in [3.63, 3.8) is 0 Å². The van der Waals surface area contributed by atoms with Crippen LogP contribution in [0.5, 0.6) is 0 Å². The fourth-order valence-corrected chi connectivity index (χ4v) is 2.37. The van der Waals surface area contributed by atoms with Crippen LogP contribution in [0.25, 0.3) is 0 Å². The van der Waals surface area contributed by atoms with Gasteiger partial charge < -0.3 is 15.5 Å². The number of hydrogen-bond donors (Lipinski definition) is 3. The topological polar surface area (TPSA) is 86.6 Å². The molecule has 0 bridgehead atoms. The number of benzene rings is 1. The van der Waals surface area contributed by atoms with Gasteiger partial charge >= 0.3 is 5.97 Å². The van der Waals surface area contributed by atoms with E-state index >= 15 is 0 Å². The minimum absolute atomic E-state index is 0.124. The Kier molecular flexibility index (Phi) is 6.84. The van der Waals surface area contributed by atoms with E-state index < -0.39 is 24.0 Å². The number of carboxylic acid groups (broad SMARTS) is 1. The highest BCUT2D eigenvalue weighted by molar-refractivity contribution is 7.99. The van der Waals surface area contributed by atoms with Crippen LogP contribution < -0.4 is 5.32 Å². The third-order valence-electron chi connectivity index (χ3n) is 2.48. The SMILES string of the molecule is C[C@@H](O)[C@H](NC(=O)CSCc1ccc(Cl)cc1)C(=O)O. The summed E-state index contributed by atoms with van der Waals surface area (Å²) >= 11 is 7.12. The van der Waals surface area contributed by atoms with Crippen LogP contribution in [0.1, 0.15) is 12.5 Å². The molecular formula is C13H16ClNO4S. The largest absolute Gasteiger partial charge is 0.480 e. The van der Waals surface area contributed by atoms with Crippen LogP contribution in [0, 0.1) is 0 Å². The van der Waals surface area contributed by atoms with Gasteiger partial charge in [0.25, 0.3) is 0 Å². The van der Waals surface area contributed by atoms with Gasteiger partial charge in [-0.1, -0.05) is 23.7 Å². The lowest BCUT2D eigenvalue weighted by Crippen LogP contribution is -2.48. The summed E-state index contributed by atoms with van der Waals surface area (Å²) in [7, 11) is 0. The number of rotatable bonds is 7. The number of amides is 1. The Morgan fingerprint density at radius 1 is 1.35 bits per heavy atom. The Morgan fingerprint density at radius 3 is 2.45 bits per heavy atom.